The van der Waals surface area contributed by atoms with E-state index < -0.39 is 5.41 Å². The van der Waals surface area contributed by atoms with Crippen molar-refractivity contribution in [3.8, 4) is 11.1 Å². The molecule has 7 heteroatoms. The Labute approximate surface area is 205 Å². The number of ether oxygens (including phenoxy) is 1. The molecule has 5 rings (SSSR count). The quantitative estimate of drug-likeness (QED) is 0.598. The molecule has 2 aliphatic rings. The van der Waals surface area contributed by atoms with E-state index in [2.05, 4.69) is 46.3 Å². The van der Waals surface area contributed by atoms with Crippen LogP contribution in [-0.4, -0.2) is 61.1 Å². The van der Waals surface area contributed by atoms with Gasteiger partial charge >= 0.3 is 0 Å². The lowest BCUT2D eigenvalue weighted by Gasteiger charge is -2.28. The molecule has 2 aliphatic heterocycles. The summed E-state index contributed by atoms with van der Waals surface area (Å²) in [4.78, 5) is 34.3. The van der Waals surface area contributed by atoms with Gasteiger partial charge in [0.2, 0.25) is 5.91 Å². The number of likely N-dealkylation sites (tertiary alicyclic amines) is 1. The van der Waals surface area contributed by atoms with Gasteiger partial charge in [0.25, 0.3) is 5.91 Å². The summed E-state index contributed by atoms with van der Waals surface area (Å²) in [6, 6.07) is 22.0. The molecule has 2 N–H and O–H groups in total. The fourth-order valence-electron chi connectivity index (χ4n) is 5.01. The Hall–Kier alpha value is -3.71. The first kappa shape index (κ1) is 23.1. The Morgan fingerprint density at radius 1 is 0.943 bits per heavy atom. The SMILES string of the molecule is NC(=O)[C@@]1(Cc2ccc(-c3ccccc3)cc2)CCN(C(=O)c2ccnc(N3CCOCC3)c2)C1. The number of aromatic nitrogens is 1. The van der Waals surface area contributed by atoms with Gasteiger partial charge in [-0.3, -0.25) is 9.59 Å². The molecule has 0 aliphatic carbocycles. The molecule has 0 saturated carbocycles. The average molecular weight is 471 g/mol. The van der Waals surface area contributed by atoms with E-state index in [0.717, 1.165) is 35.6 Å². The number of benzene rings is 2. The van der Waals surface area contributed by atoms with Crippen LogP contribution in [0.2, 0.25) is 0 Å². The highest BCUT2D eigenvalue weighted by atomic mass is 16.5. The first-order chi connectivity index (χ1) is 17.0. The van der Waals surface area contributed by atoms with Crippen molar-refractivity contribution in [2.24, 2.45) is 11.1 Å². The van der Waals surface area contributed by atoms with E-state index in [9.17, 15) is 9.59 Å². The number of primary amides is 1. The van der Waals surface area contributed by atoms with Crippen LogP contribution in [0, 0.1) is 5.41 Å². The highest BCUT2D eigenvalue weighted by molar-refractivity contribution is 5.96. The Bertz CT molecular complexity index is 1190. The number of pyridine rings is 1. The van der Waals surface area contributed by atoms with Gasteiger partial charge in [0, 0.05) is 37.9 Å². The molecule has 2 fully saturated rings. The van der Waals surface area contributed by atoms with Crippen molar-refractivity contribution in [2.45, 2.75) is 12.8 Å². The number of nitrogens with zero attached hydrogens (tertiary/aromatic N) is 3. The van der Waals surface area contributed by atoms with Crippen molar-refractivity contribution in [2.75, 3.05) is 44.3 Å². The van der Waals surface area contributed by atoms with E-state index in [1.165, 1.54) is 0 Å². The van der Waals surface area contributed by atoms with E-state index in [1.54, 1.807) is 17.2 Å². The van der Waals surface area contributed by atoms with Crippen molar-refractivity contribution in [3.63, 3.8) is 0 Å². The maximum Gasteiger partial charge on any atom is 0.254 e. The second kappa shape index (κ2) is 9.88. The Balaban J connectivity index is 1.30. The molecule has 0 spiro atoms. The lowest BCUT2D eigenvalue weighted by Crippen LogP contribution is -2.42. The maximum absolute atomic E-state index is 13.3. The molecule has 0 bridgehead atoms. The zero-order valence-electron chi connectivity index (χ0n) is 19.7. The summed E-state index contributed by atoms with van der Waals surface area (Å²) in [5, 5.41) is 0. The minimum Gasteiger partial charge on any atom is -0.378 e. The smallest absolute Gasteiger partial charge is 0.254 e. The van der Waals surface area contributed by atoms with Crippen molar-refractivity contribution in [1.29, 1.82) is 0 Å². The van der Waals surface area contributed by atoms with E-state index in [-0.39, 0.29) is 11.8 Å². The summed E-state index contributed by atoms with van der Waals surface area (Å²) in [5.41, 5.74) is 9.03. The summed E-state index contributed by atoms with van der Waals surface area (Å²) in [7, 11) is 0. The van der Waals surface area contributed by atoms with Crippen molar-refractivity contribution < 1.29 is 14.3 Å². The van der Waals surface area contributed by atoms with Crippen LogP contribution in [0.15, 0.2) is 72.9 Å². The second-order valence-electron chi connectivity index (χ2n) is 9.36. The van der Waals surface area contributed by atoms with Crippen molar-refractivity contribution >= 4 is 17.6 Å². The van der Waals surface area contributed by atoms with Crippen LogP contribution in [0.5, 0.6) is 0 Å². The van der Waals surface area contributed by atoms with Crippen LogP contribution in [0.25, 0.3) is 11.1 Å². The molecule has 1 atom stereocenters. The molecule has 7 nitrogen and oxygen atoms in total. The van der Waals surface area contributed by atoms with Crippen LogP contribution >= 0.6 is 0 Å². The third-order valence-electron chi connectivity index (χ3n) is 7.09. The van der Waals surface area contributed by atoms with Gasteiger partial charge < -0.3 is 20.3 Å². The average Bonchev–Trinajstić information content (AvgIpc) is 3.35. The molecule has 2 amide bonds. The molecule has 2 saturated heterocycles. The van der Waals surface area contributed by atoms with Gasteiger partial charge in [-0.05, 0) is 41.7 Å². The predicted octanol–water partition coefficient (Wildman–Crippen LogP) is 3.15. The van der Waals surface area contributed by atoms with Gasteiger partial charge in [0.15, 0.2) is 0 Å². The fourth-order valence-corrected chi connectivity index (χ4v) is 5.01. The molecular formula is C28H30N4O3. The number of hydrogen-bond donors (Lipinski definition) is 1. The molecular weight excluding hydrogens is 440 g/mol. The Kier molecular flexibility index (Phi) is 6.51. The fraction of sp³-hybridized carbons (Fsp3) is 0.321. The van der Waals surface area contributed by atoms with Crippen LogP contribution in [-0.2, 0) is 16.0 Å². The normalized spacial score (nSPS) is 20.1. The summed E-state index contributed by atoms with van der Waals surface area (Å²) in [6.07, 6.45) is 2.73. The van der Waals surface area contributed by atoms with Gasteiger partial charge in [0.1, 0.15) is 5.82 Å². The molecule has 35 heavy (non-hydrogen) atoms. The summed E-state index contributed by atoms with van der Waals surface area (Å²) in [6.45, 7) is 3.62. The standard InChI is InChI=1S/C28H30N4O3/c29-27(34)28(19-21-6-8-23(9-7-21)22-4-2-1-3-5-22)11-13-32(20-28)26(33)24-10-12-30-25(18-24)31-14-16-35-17-15-31/h1-10,12,18H,11,13-17,19-20H2,(H2,29,34)/t28-/m1/s1. The first-order valence-corrected chi connectivity index (χ1v) is 12.1. The number of carbonyl (C=O) groups is 2. The predicted molar refractivity (Wildman–Crippen MR) is 135 cm³/mol. The van der Waals surface area contributed by atoms with Crippen LogP contribution < -0.4 is 10.6 Å². The molecule has 180 valence electrons. The summed E-state index contributed by atoms with van der Waals surface area (Å²) < 4.78 is 5.41. The van der Waals surface area contributed by atoms with Gasteiger partial charge in [-0.1, -0.05) is 54.6 Å². The zero-order valence-corrected chi connectivity index (χ0v) is 19.7. The van der Waals surface area contributed by atoms with Crippen LogP contribution in [0.1, 0.15) is 22.3 Å². The van der Waals surface area contributed by atoms with Gasteiger partial charge in [-0.15, -0.1) is 0 Å². The third kappa shape index (κ3) is 4.91. The number of amides is 2. The molecule has 3 heterocycles. The minimum absolute atomic E-state index is 0.0931. The lowest BCUT2D eigenvalue weighted by molar-refractivity contribution is -0.126. The lowest BCUT2D eigenvalue weighted by atomic mass is 9.80. The number of anilines is 1. The molecule has 3 aromatic rings. The summed E-state index contributed by atoms with van der Waals surface area (Å²) >= 11 is 0. The first-order valence-electron chi connectivity index (χ1n) is 12.1. The molecule has 1 aromatic heterocycles. The van der Waals surface area contributed by atoms with Crippen LogP contribution in [0.4, 0.5) is 5.82 Å². The van der Waals surface area contributed by atoms with Crippen molar-refractivity contribution in [1.82, 2.24) is 9.88 Å². The number of morpholine rings is 1. The van der Waals surface area contributed by atoms with E-state index in [1.807, 2.05) is 24.3 Å². The number of nitrogens with two attached hydrogens (primary N) is 1. The third-order valence-corrected chi connectivity index (χ3v) is 7.09. The van der Waals surface area contributed by atoms with E-state index in [0.29, 0.717) is 44.7 Å². The van der Waals surface area contributed by atoms with Crippen LogP contribution in [0.3, 0.4) is 0 Å². The Morgan fingerprint density at radius 3 is 2.37 bits per heavy atom. The molecule has 0 radical (unpaired) electrons. The number of rotatable bonds is 6. The maximum atomic E-state index is 13.3. The molecule has 2 aromatic carbocycles. The highest BCUT2D eigenvalue weighted by Gasteiger charge is 2.45. The van der Waals surface area contributed by atoms with Gasteiger partial charge in [-0.25, -0.2) is 4.98 Å². The van der Waals surface area contributed by atoms with Crippen molar-refractivity contribution in [3.05, 3.63) is 84.1 Å². The topological polar surface area (TPSA) is 88.8 Å². The van der Waals surface area contributed by atoms with E-state index in [4.69, 9.17) is 10.5 Å². The monoisotopic (exact) mass is 470 g/mol. The largest absolute Gasteiger partial charge is 0.378 e. The van der Waals surface area contributed by atoms with E-state index >= 15 is 0 Å². The minimum atomic E-state index is -0.774. The second-order valence-corrected chi connectivity index (χ2v) is 9.36. The summed E-state index contributed by atoms with van der Waals surface area (Å²) in [5.74, 6) is 0.325. The Morgan fingerprint density at radius 2 is 1.66 bits per heavy atom. The molecule has 0 unspecified atom stereocenters. The number of hydrogen-bond acceptors (Lipinski definition) is 5. The zero-order chi connectivity index (χ0) is 24.3. The number of carbonyl (C=O) groups excluding carboxylic acids is 2. The van der Waals surface area contributed by atoms with Gasteiger partial charge in [-0.2, -0.15) is 0 Å². The highest BCUT2D eigenvalue weighted by Crippen LogP contribution is 2.35. The van der Waals surface area contributed by atoms with Gasteiger partial charge in [0.05, 0.1) is 18.6 Å².